The van der Waals surface area contributed by atoms with E-state index in [2.05, 4.69) is 26.7 Å². The maximum absolute atomic E-state index is 12.4. The Labute approximate surface area is 202 Å². The zero-order chi connectivity index (χ0) is 25.0. The number of carbonyl (C=O) groups is 4. The van der Waals surface area contributed by atoms with Crippen molar-refractivity contribution in [2.24, 2.45) is 5.92 Å². The molecule has 1 atom stereocenters. The van der Waals surface area contributed by atoms with Crippen molar-refractivity contribution >= 4 is 51.0 Å². The van der Waals surface area contributed by atoms with E-state index in [4.69, 9.17) is 4.74 Å². The number of nitrogens with one attached hydrogen (secondary N) is 2. The lowest BCUT2D eigenvalue weighted by molar-refractivity contribution is -0.384. The fraction of sp³-hybridized carbons (Fsp3) is 0.273. The van der Waals surface area contributed by atoms with E-state index in [-0.39, 0.29) is 24.2 Å². The molecule has 3 amide bonds. The summed E-state index contributed by atoms with van der Waals surface area (Å²) >= 11 is 3.42. The van der Waals surface area contributed by atoms with E-state index < -0.39 is 41.1 Å². The van der Waals surface area contributed by atoms with Crippen LogP contribution < -0.4 is 10.7 Å². The number of non-ortho nitro benzene ring substituents is 1. The van der Waals surface area contributed by atoms with Crippen molar-refractivity contribution in [3.63, 3.8) is 0 Å². The van der Waals surface area contributed by atoms with Gasteiger partial charge in [0.2, 0.25) is 5.91 Å². The van der Waals surface area contributed by atoms with Crippen molar-refractivity contribution in [1.82, 2.24) is 10.4 Å². The number of carbonyl (C=O) groups excluding carboxylic acids is 4. The summed E-state index contributed by atoms with van der Waals surface area (Å²) in [5.41, 5.74) is 4.67. The van der Waals surface area contributed by atoms with Gasteiger partial charge in [-0.25, -0.2) is 0 Å². The number of hydrogen-bond donors (Lipinski definition) is 2. The van der Waals surface area contributed by atoms with Crippen molar-refractivity contribution in [1.29, 1.82) is 0 Å². The van der Waals surface area contributed by atoms with E-state index >= 15 is 0 Å². The number of nitrogens with zero attached hydrogens (tertiary/aromatic N) is 2. The molecule has 0 radical (unpaired) electrons. The van der Waals surface area contributed by atoms with Crippen LogP contribution in [0.4, 0.5) is 11.4 Å². The number of benzene rings is 2. The summed E-state index contributed by atoms with van der Waals surface area (Å²) in [5, 5.41) is 14.4. The van der Waals surface area contributed by atoms with Gasteiger partial charge < -0.3 is 10.1 Å². The molecule has 1 saturated heterocycles. The number of anilines is 1. The van der Waals surface area contributed by atoms with Crippen molar-refractivity contribution < 1.29 is 28.8 Å². The van der Waals surface area contributed by atoms with Gasteiger partial charge in [0.05, 0.1) is 17.4 Å². The third-order valence-corrected chi connectivity index (χ3v) is 6.01. The maximum Gasteiger partial charge on any atom is 0.311 e. The lowest BCUT2D eigenvalue weighted by Gasteiger charge is -2.17. The number of rotatable bonds is 7. The van der Waals surface area contributed by atoms with Gasteiger partial charge in [-0.05, 0) is 49.2 Å². The number of esters is 1. The van der Waals surface area contributed by atoms with E-state index in [0.29, 0.717) is 5.69 Å². The number of ether oxygens (including phenoxy) is 1. The summed E-state index contributed by atoms with van der Waals surface area (Å²) < 4.78 is 5.97. The molecule has 0 spiro atoms. The average Bonchev–Trinajstić information content (AvgIpc) is 3.16. The molecule has 1 aliphatic heterocycles. The minimum atomic E-state index is -0.853. The Morgan fingerprint density at radius 2 is 1.85 bits per heavy atom. The summed E-state index contributed by atoms with van der Waals surface area (Å²) in [5.74, 6) is -3.27. The predicted octanol–water partition coefficient (Wildman–Crippen LogP) is 2.65. The van der Waals surface area contributed by atoms with Gasteiger partial charge >= 0.3 is 5.97 Å². The normalized spacial score (nSPS) is 15.1. The van der Waals surface area contributed by atoms with Crippen molar-refractivity contribution in [2.45, 2.75) is 20.3 Å². The fourth-order valence-electron chi connectivity index (χ4n) is 3.25. The number of aryl methyl sites for hydroxylation is 2. The molecule has 0 bridgehead atoms. The van der Waals surface area contributed by atoms with Gasteiger partial charge in [0, 0.05) is 34.3 Å². The third kappa shape index (κ3) is 5.95. The van der Waals surface area contributed by atoms with Gasteiger partial charge in [-0.1, -0.05) is 15.9 Å². The van der Waals surface area contributed by atoms with Crippen LogP contribution in [0.25, 0.3) is 0 Å². The molecule has 11 nitrogen and oxygen atoms in total. The summed E-state index contributed by atoms with van der Waals surface area (Å²) in [6.07, 6.45) is -0.188. The molecule has 1 heterocycles. The largest absolute Gasteiger partial charge is 0.455 e. The highest BCUT2D eigenvalue weighted by Gasteiger charge is 2.36. The standard InChI is InChI=1S/C22H21BrN4O7/c1-12-8-18(13(2)7-17(12)23)24-19(28)11-34-22(31)15-9-20(29)26(10-15)25-21(30)14-3-5-16(6-4-14)27(32)33/h3-8,15H,9-11H2,1-2H3,(H,24,28)(H,25,30)/t15-/m1/s1. The van der Waals surface area contributed by atoms with E-state index in [0.717, 1.165) is 20.6 Å². The van der Waals surface area contributed by atoms with Gasteiger partial charge in [-0.15, -0.1) is 0 Å². The second-order valence-electron chi connectivity index (χ2n) is 7.72. The second kappa shape index (κ2) is 10.4. The number of hydrazine groups is 1. The highest BCUT2D eigenvalue weighted by atomic mass is 79.9. The molecule has 178 valence electrons. The molecule has 34 heavy (non-hydrogen) atoms. The van der Waals surface area contributed by atoms with Crippen LogP contribution in [-0.4, -0.2) is 46.8 Å². The van der Waals surface area contributed by atoms with Gasteiger partial charge in [-0.3, -0.25) is 39.7 Å². The van der Waals surface area contributed by atoms with Crippen LogP contribution in [0.3, 0.4) is 0 Å². The first-order valence-corrected chi connectivity index (χ1v) is 10.9. The first-order chi connectivity index (χ1) is 16.0. The second-order valence-corrected chi connectivity index (χ2v) is 8.58. The number of amides is 3. The summed E-state index contributed by atoms with van der Waals surface area (Å²) in [7, 11) is 0. The molecule has 0 aromatic heterocycles. The molecule has 2 N–H and O–H groups in total. The van der Waals surface area contributed by atoms with Crippen LogP contribution in [0.2, 0.25) is 0 Å². The smallest absolute Gasteiger partial charge is 0.311 e. The van der Waals surface area contributed by atoms with Gasteiger partial charge in [0.15, 0.2) is 6.61 Å². The molecule has 0 saturated carbocycles. The van der Waals surface area contributed by atoms with Crippen LogP contribution in [0.1, 0.15) is 27.9 Å². The van der Waals surface area contributed by atoms with Gasteiger partial charge in [-0.2, -0.15) is 0 Å². The third-order valence-electron chi connectivity index (χ3n) is 5.16. The van der Waals surface area contributed by atoms with E-state index in [1.54, 1.807) is 6.07 Å². The van der Waals surface area contributed by atoms with E-state index in [1.807, 2.05) is 19.9 Å². The molecular weight excluding hydrogens is 512 g/mol. The van der Waals surface area contributed by atoms with Crippen LogP contribution >= 0.6 is 15.9 Å². The lowest BCUT2D eigenvalue weighted by Crippen LogP contribution is -2.43. The number of hydrogen-bond acceptors (Lipinski definition) is 7. The predicted molar refractivity (Wildman–Crippen MR) is 124 cm³/mol. The lowest BCUT2D eigenvalue weighted by atomic mass is 10.1. The molecule has 2 aromatic rings. The SMILES string of the molecule is Cc1cc(NC(=O)COC(=O)[C@@H]2CC(=O)N(NC(=O)c3ccc([N+](=O)[O-])cc3)C2)c(C)cc1Br. The fourth-order valence-corrected chi connectivity index (χ4v) is 3.71. The highest BCUT2D eigenvalue weighted by molar-refractivity contribution is 9.10. The molecule has 0 aliphatic carbocycles. The summed E-state index contributed by atoms with van der Waals surface area (Å²) in [4.78, 5) is 59.2. The molecule has 3 rings (SSSR count). The van der Waals surface area contributed by atoms with Crippen LogP contribution in [0, 0.1) is 29.9 Å². The van der Waals surface area contributed by atoms with Crippen LogP contribution in [0.5, 0.6) is 0 Å². The Kier molecular flexibility index (Phi) is 7.61. The first-order valence-electron chi connectivity index (χ1n) is 10.1. The van der Waals surface area contributed by atoms with E-state index in [9.17, 15) is 29.3 Å². The van der Waals surface area contributed by atoms with Crippen molar-refractivity contribution in [3.05, 3.63) is 67.7 Å². The average molecular weight is 533 g/mol. The molecule has 1 fully saturated rings. The monoisotopic (exact) mass is 532 g/mol. The first kappa shape index (κ1) is 24.8. The summed E-state index contributed by atoms with van der Waals surface area (Å²) in [6, 6.07) is 8.51. The zero-order valence-corrected chi connectivity index (χ0v) is 19.9. The Morgan fingerprint density at radius 3 is 2.50 bits per heavy atom. The van der Waals surface area contributed by atoms with Gasteiger partial charge in [0.25, 0.3) is 17.5 Å². The molecule has 12 heteroatoms. The maximum atomic E-state index is 12.4. The number of nitro groups is 1. The quantitative estimate of drug-likeness (QED) is 0.316. The van der Waals surface area contributed by atoms with Crippen molar-refractivity contribution in [3.8, 4) is 0 Å². The Bertz CT molecular complexity index is 1170. The number of nitro benzene ring substituents is 1. The molecule has 2 aromatic carbocycles. The van der Waals surface area contributed by atoms with Crippen LogP contribution in [-0.2, 0) is 19.1 Å². The zero-order valence-electron chi connectivity index (χ0n) is 18.3. The van der Waals surface area contributed by atoms with E-state index in [1.165, 1.54) is 24.3 Å². The molecule has 0 unspecified atom stereocenters. The minimum Gasteiger partial charge on any atom is -0.455 e. The summed E-state index contributed by atoms with van der Waals surface area (Å²) in [6.45, 7) is 3.06. The Morgan fingerprint density at radius 1 is 1.18 bits per heavy atom. The minimum absolute atomic E-state index is 0.111. The topological polar surface area (TPSA) is 148 Å². The Hall–Kier alpha value is -3.80. The van der Waals surface area contributed by atoms with Gasteiger partial charge in [0.1, 0.15) is 0 Å². The Balaban J connectivity index is 1.50. The molecule has 1 aliphatic rings. The van der Waals surface area contributed by atoms with Crippen LogP contribution in [0.15, 0.2) is 40.9 Å². The highest BCUT2D eigenvalue weighted by Crippen LogP contribution is 2.24. The van der Waals surface area contributed by atoms with Crippen molar-refractivity contribution in [2.75, 3.05) is 18.5 Å². The number of halogens is 1. The molecular formula is C22H21BrN4O7.